The predicted molar refractivity (Wildman–Crippen MR) is 145 cm³/mol. The standard InChI is InChI=1S/C27H40N4O10/c1-10-13-19(21(33)28-17(23(35)38-9)16-20(32)39-11-2)31(25(37)41-27(6,7)8)29-22(34)18-14-12-15-30(18)24(36)40-26(3,4)5/h12-14,16,18H,10-11,15H2,1-9H3,(H,28,33)(H,29,34)/b17-16+,19-13+/t18-/m0/s1. The van der Waals surface area contributed by atoms with Crippen molar-refractivity contribution < 1.29 is 47.7 Å². The van der Waals surface area contributed by atoms with Gasteiger partial charge in [-0.2, -0.15) is 5.01 Å². The fourth-order valence-electron chi connectivity index (χ4n) is 3.17. The lowest BCUT2D eigenvalue weighted by Gasteiger charge is -2.31. The number of hydrogen-bond donors (Lipinski definition) is 2. The molecule has 0 saturated heterocycles. The number of methoxy groups -OCH3 is 1. The van der Waals surface area contributed by atoms with Gasteiger partial charge in [-0.25, -0.2) is 19.2 Å². The van der Waals surface area contributed by atoms with E-state index in [9.17, 15) is 28.8 Å². The Morgan fingerprint density at radius 1 is 1.00 bits per heavy atom. The molecule has 0 fully saturated rings. The first-order chi connectivity index (χ1) is 18.9. The summed E-state index contributed by atoms with van der Waals surface area (Å²) in [4.78, 5) is 78.0. The summed E-state index contributed by atoms with van der Waals surface area (Å²) in [5.41, 5.74) is -0.554. The summed E-state index contributed by atoms with van der Waals surface area (Å²) in [6, 6.07) is -1.19. The average Bonchev–Trinajstić information content (AvgIpc) is 3.33. The molecule has 1 rings (SSSR count). The normalized spacial score (nSPS) is 15.5. The molecular formula is C27H40N4O10. The Bertz CT molecular complexity index is 1110. The van der Waals surface area contributed by atoms with Crippen molar-refractivity contribution in [1.82, 2.24) is 20.7 Å². The maximum atomic E-state index is 13.4. The van der Waals surface area contributed by atoms with Gasteiger partial charge < -0.3 is 24.3 Å². The van der Waals surface area contributed by atoms with Gasteiger partial charge in [-0.05, 0) is 54.9 Å². The number of hydrogen-bond acceptors (Lipinski definition) is 10. The van der Waals surface area contributed by atoms with Crippen LogP contribution in [0.4, 0.5) is 9.59 Å². The molecular weight excluding hydrogens is 540 g/mol. The number of allylic oxidation sites excluding steroid dienone is 1. The molecule has 0 bridgehead atoms. The van der Waals surface area contributed by atoms with E-state index < -0.39 is 64.6 Å². The van der Waals surface area contributed by atoms with Crippen molar-refractivity contribution >= 4 is 35.9 Å². The van der Waals surface area contributed by atoms with E-state index in [2.05, 4.69) is 15.5 Å². The summed E-state index contributed by atoms with van der Waals surface area (Å²) in [6.45, 7) is 13.0. The Hall–Kier alpha value is -4.36. The second-order valence-corrected chi connectivity index (χ2v) is 10.6. The van der Waals surface area contributed by atoms with Gasteiger partial charge in [-0.3, -0.25) is 19.9 Å². The monoisotopic (exact) mass is 580 g/mol. The minimum Gasteiger partial charge on any atom is -0.464 e. The topological polar surface area (TPSA) is 170 Å². The summed E-state index contributed by atoms with van der Waals surface area (Å²) in [7, 11) is 1.04. The lowest BCUT2D eigenvalue weighted by Crippen LogP contribution is -2.56. The molecule has 0 unspecified atom stereocenters. The minimum absolute atomic E-state index is 0.00704. The van der Waals surface area contributed by atoms with E-state index in [4.69, 9.17) is 14.2 Å². The summed E-state index contributed by atoms with van der Waals surface area (Å²) in [5.74, 6) is -3.92. The van der Waals surface area contributed by atoms with Gasteiger partial charge in [0.25, 0.3) is 11.8 Å². The largest absolute Gasteiger partial charge is 0.464 e. The van der Waals surface area contributed by atoms with E-state index in [1.54, 1.807) is 61.5 Å². The van der Waals surface area contributed by atoms with Gasteiger partial charge in [0.1, 0.15) is 28.6 Å². The molecule has 4 amide bonds. The van der Waals surface area contributed by atoms with Crippen LogP contribution in [0.15, 0.2) is 35.7 Å². The van der Waals surface area contributed by atoms with E-state index in [-0.39, 0.29) is 19.6 Å². The van der Waals surface area contributed by atoms with Crippen LogP contribution < -0.4 is 10.7 Å². The van der Waals surface area contributed by atoms with Crippen molar-refractivity contribution in [2.75, 3.05) is 20.3 Å². The van der Waals surface area contributed by atoms with Crippen LogP contribution in [0.2, 0.25) is 0 Å². The first kappa shape index (κ1) is 34.7. The molecule has 14 nitrogen and oxygen atoms in total. The molecule has 0 aliphatic carbocycles. The van der Waals surface area contributed by atoms with Crippen molar-refractivity contribution in [2.45, 2.75) is 79.1 Å². The smallest absolute Gasteiger partial charge is 0.434 e. The molecule has 228 valence electrons. The Morgan fingerprint density at radius 2 is 1.61 bits per heavy atom. The van der Waals surface area contributed by atoms with Crippen LogP contribution in [-0.4, -0.2) is 83.4 Å². The molecule has 14 heteroatoms. The van der Waals surface area contributed by atoms with Gasteiger partial charge in [0.2, 0.25) is 0 Å². The van der Waals surface area contributed by atoms with Crippen molar-refractivity contribution in [3.8, 4) is 0 Å². The molecule has 1 aliphatic heterocycles. The van der Waals surface area contributed by atoms with Gasteiger partial charge in [0.05, 0.1) is 19.8 Å². The molecule has 0 saturated carbocycles. The molecule has 1 aliphatic rings. The van der Waals surface area contributed by atoms with Crippen LogP contribution >= 0.6 is 0 Å². The van der Waals surface area contributed by atoms with E-state index >= 15 is 0 Å². The molecule has 0 radical (unpaired) electrons. The van der Waals surface area contributed by atoms with E-state index in [0.717, 1.165) is 18.1 Å². The second-order valence-electron chi connectivity index (χ2n) is 10.6. The zero-order chi connectivity index (χ0) is 31.5. The molecule has 0 spiro atoms. The third-order valence-corrected chi connectivity index (χ3v) is 4.72. The molecule has 0 aromatic carbocycles. The van der Waals surface area contributed by atoms with Gasteiger partial charge >= 0.3 is 24.1 Å². The number of carbonyl (C=O) groups is 6. The van der Waals surface area contributed by atoms with Crippen LogP contribution in [0.3, 0.4) is 0 Å². The number of ether oxygens (including phenoxy) is 4. The van der Waals surface area contributed by atoms with Gasteiger partial charge in [0.15, 0.2) is 0 Å². The van der Waals surface area contributed by atoms with Crippen molar-refractivity contribution in [3.63, 3.8) is 0 Å². The van der Waals surface area contributed by atoms with Crippen LogP contribution in [0.25, 0.3) is 0 Å². The Kier molecular flexibility index (Phi) is 12.6. The molecule has 41 heavy (non-hydrogen) atoms. The highest BCUT2D eigenvalue weighted by Crippen LogP contribution is 2.18. The van der Waals surface area contributed by atoms with Gasteiger partial charge in [-0.15, -0.1) is 0 Å². The minimum atomic E-state index is -1.19. The number of carbonyl (C=O) groups excluding carboxylic acids is 6. The van der Waals surface area contributed by atoms with Crippen molar-refractivity contribution in [1.29, 1.82) is 0 Å². The van der Waals surface area contributed by atoms with Crippen molar-refractivity contribution in [2.24, 2.45) is 0 Å². The van der Waals surface area contributed by atoms with Crippen LogP contribution in [0.1, 0.15) is 61.8 Å². The van der Waals surface area contributed by atoms with E-state index in [1.807, 2.05) is 0 Å². The molecule has 1 atom stereocenters. The average molecular weight is 581 g/mol. The fourth-order valence-corrected chi connectivity index (χ4v) is 3.17. The van der Waals surface area contributed by atoms with E-state index in [0.29, 0.717) is 5.01 Å². The zero-order valence-electron chi connectivity index (χ0n) is 25.0. The second kappa shape index (κ2) is 14.9. The number of hydrazine groups is 1. The summed E-state index contributed by atoms with van der Waals surface area (Å²) >= 11 is 0. The maximum Gasteiger partial charge on any atom is 0.434 e. The van der Waals surface area contributed by atoms with Crippen LogP contribution in [-0.2, 0) is 38.1 Å². The number of nitrogens with one attached hydrogen (secondary N) is 2. The third-order valence-electron chi connectivity index (χ3n) is 4.72. The maximum absolute atomic E-state index is 13.4. The van der Waals surface area contributed by atoms with Crippen molar-refractivity contribution in [3.05, 3.63) is 35.7 Å². The molecule has 1 heterocycles. The lowest BCUT2D eigenvalue weighted by molar-refractivity contribution is -0.140. The fraction of sp³-hybridized carbons (Fsp3) is 0.556. The quantitative estimate of drug-likeness (QED) is 0.143. The predicted octanol–water partition coefficient (Wildman–Crippen LogP) is 2.46. The number of amides is 4. The summed E-state index contributed by atoms with van der Waals surface area (Å²) < 4.78 is 20.2. The van der Waals surface area contributed by atoms with Gasteiger partial charge in [0, 0.05) is 6.54 Å². The Morgan fingerprint density at radius 3 is 2.12 bits per heavy atom. The summed E-state index contributed by atoms with van der Waals surface area (Å²) in [6.07, 6.45) is 3.31. The molecule has 0 aromatic heterocycles. The molecule has 2 N–H and O–H groups in total. The molecule has 0 aromatic rings. The number of rotatable bonds is 8. The number of nitrogens with zero attached hydrogens (tertiary/aromatic N) is 2. The van der Waals surface area contributed by atoms with Crippen LogP contribution in [0, 0.1) is 0 Å². The van der Waals surface area contributed by atoms with E-state index in [1.165, 1.54) is 12.2 Å². The third kappa shape index (κ3) is 11.3. The highest BCUT2D eigenvalue weighted by atomic mass is 16.6. The SMILES string of the molecule is CC/C=C(\C(=O)N/C(=C/C(=O)OCC)C(=O)OC)N(NC(=O)[C@@H]1C=CCN1C(=O)OC(C)(C)C)C(=O)OC(C)(C)C. The highest BCUT2D eigenvalue weighted by molar-refractivity contribution is 6.05. The first-order valence-corrected chi connectivity index (χ1v) is 12.9. The Balaban J connectivity index is 3.43. The number of esters is 2. The van der Waals surface area contributed by atoms with Gasteiger partial charge in [-0.1, -0.05) is 25.2 Å². The first-order valence-electron chi connectivity index (χ1n) is 12.9. The highest BCUT2D eigenvalue weighted by Gasteiger charge is 2.37. The lowest BCUT2D eigenvalue weighted by atomic mass is 10.2. The zero-order valence-corrected chi connectivity index (χ0v) is 25.0. The Labute approximate surface area is 239 Å². The van der Waals surface area contributed by atoms with Crippen LogP contribution in [0.5, 0.6) is 0 Å². The summed E-state index contributed by atoms with van der Waals surface area (Å²) in [5, 5.41) is 2.78.